The summed E-state index contributed by atoms with van der Waals surface area (Å²) in [5.41, 5.74) is 1.39. The molecule has 0 radical (unpaired) electrons. The van der Waals surface area contributed by atoms with Crippen molar-refractivity contribution < 1.29 is 23.9 Å². The summed E-state index contributed by atoms with van der Waals surface area (Å²) in [4.78, 5) is 22.6. The number of hydrogen-bond acceptors (Lipinski definition) is 6. The zero-order valence-corrected chi connectivity index (χ0v) is 14.1. The molecule has 25 heavy (non-hydrogen) atoms. The largest absolute Gasteiger partial charge is 0.458 e. The molecule has 3 unspecified atom stereocenters. The van der Waals surface area contributed by atoms with Gasteiger partial charge in [-0.2, -0.15) is 0 Å². The van der Waals surface area contributed by atoms with E-state index in [-0.39, 0.29) is 36.6 Å². The first kappa shape index (κ1) is 17.6. The Kier molecular flexibility index (Phi) is 5.45. The van der Waals surface area contributed by atoms with E-state index in [1.54, 1.807) is 25.3 Å². The summed E-state index contributed by atoms with van der Waals surface area (Å²) in [6.07, 6.45) is 5.07. The van der Waals surface area contributed by atoms with E-state index in [1.165, 1.54) is 12.1 Å². The van der Waals surface area contributed by atoms with Crippen LogP contribution >= 0.6 is 0 Å². The average Bonchev–Trinajstić information content (AvgIpc) is 2.77. The van der Waals surface area contributed by atoms with Gasteiger partial charge in [0.25, 0.3) is 5.69 Å². The summed E-state index contributed by atoms with van der Waals surface area (Å²) in [7, 11) is 1.58. The van der Waals surface area contributed by atoms with Crippen molar-refractivity contribution in [1.29, 1.82) is 0 Å². The lowest BCUT2D eigenvalue weighted by Crippen LogP contribution is -2.21. The third kappa shape index (κ3) is 4.05. The van der Waals surface area contributed by atoms with Crippen LogP contribution in [0.3, 0.4) is 0 Å². The lowest BCUT2D eigenvalue weighted by Gasteiger charge is -2.19. The summed E-state index contributed by atoms with van der Waals surface area (Å²) in [5.74, 6) is -0.326. The van der Waals surface area contributed by atoms with Crippen molar-refractivity contribution in [2.24, 2.45) is 5.92 Å². The van der Waals surface area contributed by atoms with Crippen LogP contribution in [0.5, 0.6) is 0 Å². The summed E-state index contributed by atoms with van der Waals surface area (Å²) >= 11 is 0. The molecule has 0 bridgehead atoms. The molecule has 1 aliphatic carbocycles. The van der Waals surface area contributed by atoms with E-state index in [2.05, 4.69) is 0 Å². The summed E-state index contributed by atoms with van der Waals surface area (Å²) in [6, 6.07) is 6.15. The number of nitro benzene ring substituents is 1. The molecule has 0 aromatic heterocycles. The molecule has 1 aromatic rings. The van der Waals surface area contributed by atoms with Crippen molar-refractivity contribution in [3.05, 3.63) is 45.5 Å². The molecular formula is C18H21NO6. The van der Waals surface area contributed by atoms with Gasteiger partial charge >= 0.3 is 5.97 Å². The average molecular weight is 347 g/mol. The molecule has 1 saturated heterocycles. The Balaban J connectivity index is 1.81. The summed E-state index contributed by atoms with van der Waals surface area (Å²) in [6.45, 7) is 0.234. The van der Waals surface area contributed by atoms with E-state index in [1.807, 2.05) is 0 Å². The lowest BCUT2D eigenvalue weighted by molar-refractivity contribution is -0.384. The van der Waals surface area contributed by atoms with Crippen LogP contribution in [0.1, 0.15) is 31.2 Å². The molecule has 7 heteroatoms. The first-order valence-corrected chi connectivity index (χ1v) is 8.36. The zero-order valence-electron chi connectivity index (χ0n) is 14.1. The highest BCUT2D eigenvalue weighted by Crippen LogP contribution is 2.39. The van der Waals surface area contributed by atoms with Crippen LogP contribution in [0.15, 0.2) is 29.8 Å². The highest BCUT2D eigenvalue weighted by Gasteiger charge is 2.42. The zero-order chi connectivity index (χ0) is 17.8. The number of nitro groups is 1. The van der Waals surface area contributed by atoms with Crippen molar-refractivity contribution in [1.82, 2.24) is 0 Å². The molecule has 0 spiro atoms. The van der Waals surface area contributed by atoms with Crippen LogP contribution in [0.4, 0.5) is 5.69 Å². The van der Waals surface area contributed by atoms with Gasteiger partial charge in [0.05, 0.1) is 11.0 Å². The third-order valence-corrected chi connectivity index (χ3v) is 4.72. The number of hydrogen-bond donors (Lipinski definition) is 0. The molecule has 2 fully saturated rings. The van der Waals surface area contributed by atoms with Crippen LogP contribution in [0.25, 0.3) is 6.08 Å². The van der Waals surface area contributed by atoms with E-state index >= 15 is 0 Å². The first-order chi connectivity index (χ1) is 12.1. The highest BCUT2D eigenvalue weighted by atomic mass is 16.7. The molecular weight excluding hydrogens is 326 g/mol. The number of fused-ring (bicyclic) bond motifs is 1. The molecule has 1 aromatic carbocycles. The quantitative estimate of drug-likeness (QED) is 0.267. The first-order valence-electron chi connectivity index (χ1n) is 8.36. The highest BCUT2D eigenvalue weighted by molar-refractivity contribution is 5.96. The Bertz CT molecular complexity index is 667. The predicted octanol–water partition coefficient (Wildman–Crippen LogP) is 3.08. The summed E-state index contributed by atoms with van der Waals surface area (Å²) in [5, 5.41) is 10.7. The minimum Gasteiger partial charge on any atom is -0.458 e. The number of carbonyl (C=O) groups excluding carboxylic acids is 1. The summed E-state index contributed by atoms with van der Waals surface area (Å²) < 4.78 is 16.2. The van der Waals surface area contributed by atoms with Gasteiger partial charge in [0.1, 0.15) is 12.9 Å². The van der Waals surface area contributed by atoms with Gasteiger partial charge < -0.3 is 14.2 Å². The van der Waals surface area contributed by atoms with Crippen LogP contribution in [-0.2, 0) is 19.0 Å². The van der Waals surface area contributed by atoms with Gasteiger partial charge in [0.2, 0.25) is 0 Å². The molecule has 1 aliphatic heterocycles. The van der Waals surface area contributed by atoms with E-state index in [0.717, 1.165) is 24.8 Å². The molecule has 134 valence electrons. The predicted molar refractivity (Wildman–Crippen MR) is 89.7 cm³/mol. The normalized spacial score (nSPS) is 27.6. The van der Waals surface area contributed by atoms with Crippen LogP contribution in [-0.4, -0.2) is 37.0 Å². The van der Waals surface area contributed by atoms with Gasteiger partial charge in [-0.15, -0.1) is 0 Å². The number of esters is 1. The Hall–Kier alpha value is -2.25. The van der Waals surface area contributed by atoms with Crippen molar-refractivity contribution in [2.75, 3.05) is 13.9 Å². The minimum absolute atomic E-state index is 0.0213. The third-order valence-electron chi connectivity index (χ3n) is 4.72. The smallest absolute Gasteiger partial charge is 0.334 e. The van der Waals surface area contributed by atoms with Gasteiger partial charge in [0, 0.05) is 30.7 Å². The van der Waals surface area contributed by atoms with Crippen LogP contribution in [0, 0.1) is 16.0 Å². The maximum Gasteiger partial charge on any atom is 0.334 e. The number of ether oxygens (including phenoxy) is 3. The Morgan fingerprint density at radius 3 is 2.76 bits per heavy atom. The Morgan fingerprint density at radius 2 is 2.08 bits per heavy atom. The Labute approximate surface area is 145 Å². The minimum atomic E-state index is -0.445. The van der Waals surface area contributed by atoms with Crippen molar-refractivity contribution in [3.8, 4) is 0 Å². The molecule has 1 saturated carbocycles. The number of non-ortho nitro benzene ring substituents is 1. The fourth-order valence-corrected chi connectivity index (χ4v) is 3.48. The topological polar surface area (TPSA) is 87.9 Å². The number of methoxy groups -OCH3 is 1. The molecule has 7 nitrogen and oxygen atoms in total. The number of rotatable bonds is 5. The molecule has 3 rings (SSSR count). The van der Waals surface area contributed by atoms with Crippen LogP contribution in [0.2, 0.25) is 0 Å². The van der Waals surface area contributed by atoms with Gasteiger partial charge in [-0.05, 0) is 49.5 Å². The molecule has 0 amide bonds. The van der Waals surface area contributed by atoms with E-state index in [0.29, 0.717) is 12.0 Å². The molecule has 0 N–H and O–H groups in total. The molecule has 1 heterocycles. The maximum atomic E-state index is 12.3. The molecule has 2 aliphatic rings. The van der Waals surface area contributed by atoms with Crippen molar-refractivity contribution in [2.45, 2.75) is 37.9 Å². The fourth-order valence-electron chi connectivity index (χ4n) is 3.48. The number of nitrogens with zero attached hydrogens (tertiary/aromatic N) is 1. The lowest BCUT2D eigenvalue weighted by atomic mass is 9.89. The number of carbonyl (C=O) groups is 1. The molecule has 3 atom stereocenters. The Morgan fingerprint density at radius 1 is 1.32 bits per heavy atom. The monoisotopic (exact) mass is 347 g/mol. The van der Waals surface area contributed by atoms with Crippen molar-refractivity contribution in [3.63, 3.8) is 0 Å². The van der Waals surface area contributed by atoms with Crippen molar-refractivity contribution >= 4 is 17.7 Å². The van der Waals surface area contributed by atoms with Gasteiger partial charge in [-0.1, -0.05) is 0 Å². The van der Waals surface area contributed by atoms with Gasteiger partial charge in [-0.3, -0.25) is 10.1 Å². The maximum absolute atomic E-state index is 12.3. The SMILES string of the molecule is COCOC1CCCC2OC(=O)C(=Cc3ccc([N+](=O)[O-])cc3)C2C1. The van der Waals surface area contributed by atoms with Crippen LogP contribution < -0.4 is 0 Å². The second kappa shape index (κ2) is 7.76. The standard InChI is InChI=1S/C18H21NO6/c1-23-11-24-14-3-2-4-17-15(10-14)16(18(20)25-17)9-12-5-7-13(8-6-12)19(21)22/h5-9,14-15,17H,2-4,10-11H2,1H3. The van der Waals surface area contributed by atoms with E-state index in [4.69, 9.17) is 14.2 Å². The fraction of sp³-hybridized carbons (Fsp3) is 0.500. The van der Waals surface area contributed by atoms with Gasteiger partial charge in [0.15, 0.2) is 0 Å². The van der Waals surface area contributed by atoms with Gasteiger partial charge in [-0.25, -0.2) is 4.79 Å². The second-order valence-corrected chi connectivity index (χ2v) is 6.36. The number of benzene rings is 1. The van der Waals surface area contributed by atoms with E-state index in [9.17, 15) is 14.9 Å². The second-order valence-electron chi connectivity index (χ2n) is 6.36. The van der Waals surface area contributed by atoms with E-state index < -0.39 is 4.92 Å².